The Labute approximate surface area is 357 Å². The van der Waals surface area contributed by atoms with Crippen molar-refractivity contribution in [2.45, 2.75) is 114 Å². The van der Waals surface area contributed by atoms with E-state index in [9.17, 15) is 4.79 Å². The van der Waals surface area contributed by atoms with Crippen molar-refractivity contribution in [2.75, 3.05) is 114 Å². The molecule has 1 aromatic heterocycles. The Bertz CT molecular complexity index is 1590. The molecule has 11 rings (SSSR count). The largest absolute Gasteiger partial charge is 0.375 e. The Balaban J connectivity index is 0.000000113. The van der Waals surface area contributed by atoms with E-state index in [1.54, 1.807) is 6.07 Å². The summed E-state index contributed by atoms with van der Waals surface area (Å²) >= 11 is 0. The van der Waals surface area contributed by atoms with Gasteiger partial charge in [-0.2, -0.15) is 0 Å². The van der Waals surface area contributed by atoms with E-state index in [4.69, 9.17) is 14.2 Å². The third kappa shape index (κ3) is 12.5. The van der Waals surface area contributed by atoms with Crippen molar-refractivity contribution >= 4 is 0 Å². The van der Waals surface area contributed by atoms with Gasteiger partial charge < -0.3 is 43.3 Å². The van der Waals surface area contributed by atoms with Gasteiger partial charge in [-0.1, -0.05) is 49.6 Å². The van der Waals surface area contributed by atoms with Crippen LogP contribution in [0, 0.1) is 17.8 Å². The summed E-state index contributed by atoms with van der Waals surface area (Å²) in [6, 6.07) is 14.4. The molecule has 2 aromatic rings. The minimum Gasteiger partial charge on any atom is -0.375 e. The van der Waals surface area contributed by atoms with E-state index in [2.05, 4.69) is 90.1 Å². The number of likely N-dealkylation sites (N-methyl/N-ethyl adjacent to an activating group) is 2. The monoisotopic (exact) mass is 817 g/mol. The van der Waals surface area contributed by atoms with Crippen LogP contribution in [0.2, 0.25) is 0 Å². The first-order valence-corrected chi connectivity index (χ1v) is 23.7. The van der Waals surface area contributed by atoms with Crippen LogP contribution >= 0.6 is 0 Å². The lowest BCUT2D eigenvalue weighted by Crippen LogP contribution is -2.45. The molecule has 4 atom stereocenters. The normalized spacial score (nSPS) is 30.1. The summed E-state index contributed by atoms with van der Waals surface area (Å²) in [6.07, 6.45) is 17.1. The number of hydrogen-bond donors (Lipinski definition) is 0. The molecule has 9 aliphatic rings. The van der Waals surface area contributed by atoms with Crippen molar-refractivity contribution in [1.82, 2.24) is 29.1 Å². The molecule has 59 heavy (non-hydrogen) atoms. The fourth-order valence-electron chi connectivity index (χ4n) is 11.5. The number of nitrogens with zero attached hydrogens (tertiary/aromatic N) is 6. The Morgan fingerprint density at radius 3 is 1.97 bits per heavy atom. The van der Waals surface area contributed by atoms with E-state index < -0.39 is 0 Å². The minimum atomic E-state index is -0.188. The highest BCUT2D eigenvalue weighted by molar-refractivity contribution is 5.28. The molecule has 2 bridgehead atoms. The number of rotatable bonds is 0. The van der Waals surface area contributed by atoms with E-state index in [0.717, 1.165) is 83.8 Å². The smallest absolute Gasteiger partial charge is 0.250 e. The summed E-state index contributed by atoms with van der Waals surface area (Å²) in [5.74, 6) is 3.20. The number of fused-ring (bicyclic) bond motifs is 6. The molecule has 2 unspecified atom stereocenters. The summed E-state index contributed by atoms with van der Waals surface area (Å²) in [4.78, 5) is 23.7. The molecule has 1 saturated carbocycles. The zero-order valence-corrected chi connectivity index (χ0v) is 37.8. The molecular formula is C49H80N6O4. The van der Waals surface area contributed by atoms with Crippen molar-refractivity contribution in [3.8, 4) is 0 Å². The van der Waals surface area contributed by atoms with Crippen LogP contribution in [0.3, 0.4) is 0 Å². The summed E-state index contributed by atoms with van der Waals surface area (Å²) < 4.78 is 18.9. The topological polar surface area (TPSA) is 65.9 Å². The third-order valence-electron chi connectivity index (χ3n) is 15.1. The van der Waals surface area contributed by atoms with Crippen molar-refractivity contribution in [3.05, 3.63) is 69.6 Å². The maximum atomic E-state index is 11.7. The van der Waals surface area contributed by atoms with Gasteiger partial charge in [-0.15, -0.1) is 0 Å². The van der Waals surface area contributed by atoms with Gasteiger partial charge in [0.1, 0.15) is 0 Å². The van der Waals surface area contributed by atoms with Crippen LogP contribution < -0.4 is 5.56 Å². The van der Waals surface area contributed by atoms with Crippen LogP contribution in [0.5, 0.6) is 0 Å². The molecule has 9 heterocycles. The highest BCUT2D eigenvalue weighted by atomic mass is 16.7. The summed E-state index contributed by atoms with van der Waals surface area (Å²) in [5, 5.41) is 0. The SMILES string of the molecule is CN1CCC2(CC1)OCCO2.CN1CCC2(CCCO2)CC1.CN1CCC2CCCCC2C1.CN1CCc2ccccc2C1.CN1C[C@@H]2C[C@@H](C1)c1cccc(=O)n1C2. The number of hydrogen-bond acceptors (Lipinski definition) is 9. The zero-order valence-electron chi connectivity index (χ0n) is 37.8. The Morgan fingerprint density at radius 2 is 1.25 bits per heavy atom. The lowest BCUT2D eigenvalue weighted by Gasteiger charge is -2.41. The lowest BCUT2D eigenvalue weighted by atomic mass is 9.75. The molecule has 6 saturated heterocycles. The van der Waals surface area contributed by atoms with Crippen LogP contribution in [0.1, 0.15) is 99.8 Å². The van der Waals surface area contributed by atoms with Crippen LogP contribution in [0.25, 0.3) is 0 Å². The number of ether oxygens (including phenoxy) is 3. The number of benzene rings is 1. The predicted octanol–water partition coefficient (Wildman–Crippen LogP) is 6.42. The molecule has 0 amide bonds. The maximum Gasteiger partial charge on any atom is 0.250 e. The van der Waals surface area contributed by atoms with Gasteiger partial charge in [-0.3, -0.25) is 4.79 Å². The van der Waals surface area contributed by atoms with Crippen LogP contribution in [0.4, 0.5) is 0 Å². The average Bonchev–Trinajstić information content (AvgIpc) is 3.91. The Morgan fingerprint density at radius 1 is 0.559 bits per heavy atom. The minimum absolute atomic E-state index is 0.173. The third-order valence-corrected chi connectivity index (χ3v) is 15.1. The fourth-order valence-corrected chi connectivity index (χ4v) is 11.5. The molecule has 10 nitrogen and oxygen atoms in total. The number of piperidine rings is 4. The first-order valence-electron chi connectivity index (χ1n) is 23.7. The van der Waals surface area contributed by atoms with Gasteiger partial charge in [0.2, 0.25) is 0 Å². The molecular weight excluding hydrogens is 737 g/mol. The first-order chi connectivity index (χ1) is 28.6. The van der Waals surface area contributed by atoms with E-state index in [1.165, 1.54) is 120 Å². The van der Waals surface area contributed by atoms with Gasteiger partial charge in [-0.25, -0.2) is 0 Å². The van der Waals surface area contributed by atoms with E-state index in [0.29, 0.717) is 17.4 Å². The van der Waals surface area contributed by atoms with Crippen molar-refractivity contribution in [3.63, 3.8) is 0 Å². The summed E-state index contributed by atoms with van der Waals surface area (Å²) in [7, 11) is 11.0. The summed E-state index contributed by atoms with van der Waals surface area (Å²) in [6.45, 7) is 15.4. The van der Waals surface area contributed by atoms with Gasteiger partial charge in [0, 0.05) is 103 Å². The van der Waals surface area contributed by atoms with E-state index in [-0.39, 0.29) is 11.3 Å². The van der Waals surface area contributed by atoms with Gasteiger partial charge >= 0.3 is 0 Å². The summed E-state index contributed by atoms with van der Waals surface area (Å²) in [5.41, 5.74) is 4.76. The van der Waals surface area contributed by atoms with Crippen molar-refractivity contribution in [2.24, 2.45) is 17.8 Å². The molecule has 1 aromatic carbocycles. The van der Waals surface area contributed by atoms with Crippen LogP contribution in [-0.2, 0) is 33.7 Å². The van der Waals surface area contributed by atoms with Gasteiger partial charge in [0.25, 0.3) is 5.56 Å². The second-order valence-electron chi connectivity index (χ2n) is 19.9. The fraction of sp³-hybridized carbons (Fsp3) is 0.776. The second-order valence-corrected chi connectivity index (χ2v) is 19.9. The van der Waals surface area contributed by atoms with Crippen LogP contribution in [-0.4, -0.2) is 154 Å². The molecule has 0 radical (unpaired) electrons. The first kappa shape index (κ1) is 44.9. The molecule has 7 fully saturated rings. The highest BCUT2D eigenvalue weighted by Gasteiger charge is 2.39. The molecule has 0 N–H and O–H groups in total. The molecule has 2 spiro atoms. The standard InChI is InChI=1S/C12H16N2O.C10H19N.C10H13N.C9H17NO.C8H15NO2/c1-13-6-9-5-10(8-13)11-3-2-4-12(15)14(11)7-9;2*1-11-7-6-9-4-2-3-5-10(9)8-11;1-10-6-4-9(5-7-10)3-2-8-11-9;1-9-4-2-8(3-5-9)10-6-7-11-8/h2-4,9-10H,5-8H2,1H3;9-10H,2-8H2,1H3;2-5H,6-8H2,1H3;2-8H2,1H3;2-7H2,1H3/t9-,10-;;;;/m0..../s1. The number of aromatic nitrogens is 1. The lowest BCUT2D eigenvalue weighted by molar-refractivity contribution is -0.183. The highest BCUT2D eigenvalue weighted by Crippen LogP contribution is 2.37. The van der Waals surface area contributed by atoms with Crippen molar-refractivity contribution in [1.29, 1.82) is 0 Å². The second kappa shape index (κ2) is 21.3. The average molecular weight is 817 g/mol. The predicted molar refractivity (Wildman–Crippen MR) is 239 cm³/mol. The zero-order chi connectivity index (χ0) is 41.2. The van der Waals surface area contributed by atoms with Crippen LogP contribution in [0.15, 0.2) is 47.3 Å². The van der Waals surface area contributed by atoms with Gasteiger partial charge in [0.15, 0.2) is 5.79 Å². The quantitative estimate of drug-likeness (QED) is 0.300. The maximum absolute atomic E-state index is 11.7. The molecule has 1 aliphatic carbocycles. The molecule has 8 aliphatic heterocycles. The van der Waals surface area contributed by atoms with Gasteiger partial charge in [0.05, 0.1) is 18.8 Å². The van der Waals surface area contributed by atoms with Gasteiger partial charge in [-0.05, 0) is 128 Å². The van der Waals surface area contributed by atoms with E-state index >= 15 is 0 Å². The Hall–Kier alpha value is -2.15. The number of likely N-dealkylation sites (tertiary alicyclic amines) is 4. The van der Waals surface area contributed by atoms with Crippen molar-refractivity contribution < 1.29 is 14.2 Å². The van der Waals surface area contributed by atoms with E-state index in [1.807, 2.05) is 10.6 Å². The number of pyridine rings is 1. The molecule has 10 heteroatoms. The Kier molecular flexibility index (Phi) is 16.2. The molecule has 330 valence electrons.